The third-order valence-electron chi connectivity index (χ3n) is 3.57. The molecule has 1 aliphatic heterocycles. The zero-order chi connectivity index (χ0) is 15.9. The maximum Gasteiger partial charge on any atom is 0.251 e. The molecular formula is C17H13Br2NO2. The molecule has 3 rings (SSSR count). The third kappa shape index (κ3) is 2.96. The molecule has 0 spiro atoms. The van der Waals surface area contributed by atoms with Crippen LogP contribution in [0.5, 0.6) is 5.75 Å². The van der Waals surface area contributed by atoms with Gasteiger partial charge in [-0.05, 0) is 79.7 Å². The van der Waals surface area contributed by atoms with Gasteiger partial charge < -0.3 is 10.4 Å². The summed E-state index contributed by atoms with van der Waals surface area (Å²) in [6.45, 7) is 2.00. The van der Waals surface area contributed by atoms with Crippen LogP contribution in [0.3, 0.4) is 0 Å². The molecule has 1 heterocycles. The molecular weight excluding hydrogens is 410 g/mol. The number of rotatable bonds is 1. The summed E-state index contributed by atoms with van der Waals surface area (Å²) in [5, 5.41) is 12.7. The van der Waals surface area contributed by atoms with Crippen molar-refractivity contribution in [1.82, 2.24) is 0 Å². The number of phenols is 1. The van der Waals surface area contributed by atoms with Gasteiger partial charge in [0.05, 0.1) is 8.95 Å². The van der Waals surface area contributed by atoms with Gasteiger partial charge in [0, 0.05) is 17.7 Å². The van der Waals surface area contributed by atoms with Crippen LogP contribution < -0.4 is 5.32 Å². The number of nitrogens with one attached hydrogen (secondary N) is 1. The molecule has 2 N–H and O–H groups in total. The molecule has 2 aromatic carbocycles. The largest absolute Gasteiger partial charge is 0.506 e. The molecule has 0 saturated carbocycles. The molecule has 0 bridgehead atoms. The Balaban J connectivity index is 1.99. The molecule has 0 unspecified atom stereocenters. The summed E-state index contributed by atoms with van der Waals surface area (Å²) in [7, 11) is 0. The highest BCUT2D eigenvalue weighted by molar-refractivity contribution is 9.11. The molecule has 0 saturated heterocycles. The van der Waals surface area contributed by atoms with Gasteiger partial charge in [0.25, 0.3) is 5.91 Å². The number of carbonyl (C=O) groups excluding carboxylic acids is 1. The Bertz CT molecular complexity index is 789. The Kier molecular flexibility index (Phi) is 4.10. The highest BCUT2D eigenvalue weighted by Crippen LogP contribution is 2.35. The quantitative estimate of drug-likeness (QED) is 0.648. The zero-order valence-electron chi connectivity index (χ0n) is 11.8. The molecule has 0 atom stereocenters. The van der Waals surface area contributed by atoms with Gasteiger partial charge in [-0.2, -0.15) is 0 Å². The topological polar surface area (TPSA) is 49.3 Å². The SMILES string of the molecule is Cc1ccc2c(c1)NC(=O)/C(=C/c1cc(Br)c(O)c(Br)c1)C2. The Labute approximate surface area is 145 Å². The minimum Gasteiger partial charge on any atom is -0.506 e. The third-order valence-corrected chi connectivity index (χ3v) is 4.78. The smallest absolute Gasteiger partial charge is 0.251 e. The average Bonchev–Trinajstić information content (AvgIpc) is 2.45. The number of hydrogen-bond acceptors (Lipinski definition) is 2. The molecule has 1 aliphatic rings. The summed E-state index contributed by atoms with van der Waals surface area (Å²) < 4.78 is 1.17. The van der Waals surface area contributed by atoms with Crippen LogP contribution in [0.4, 0.5) is 5.69 Å². The van der Waals surface area contributed by atoms with E-state index in [-0.39, 0.29) is 11.7 Å². The lowest BCUT2D eigenvalue weighted by molar-refractivity contribution is -0.113. The van der Waals surface area contributed by atoms with E-state index in [1.807, 2.05) is 31.2 Å². The van der Waals surface area contributed by atoms with Crippen molar-refractivity contribution in [2.75, 3.05) is 5.32 Å². The van der Waals surface area contributed by atoms with Gasteiger partial charge in [-0.25, -0.2) is 0 Å². The summed E-state index contributed by atoms with van der Waals surface area (Å²) in [6.07, 6.45) is 2.44. The number of aryl methyl sites for hydroxylation is 1. The van der Waals surface area contributed by atoms with Gasteiger partial charge in [-0.1, -0.05) is 12.1 Å². The van der Waals surface area contributed by atoms with Crippen molar-refractivity contribution in [3.63, 3.8) is 0 Å². The number of phenolic OH excluding ortho intramolecular Hbond substituents is 1. The van der Waals surface area contributed by atoms with E-state index < -0.39 is 0 Å². The molecule has 0 fully saturated rings. The summed E-state index contributed by atoms with van der Waals surface area (Å²) >= 11 is 6.60. The van der Waals surface area contributed by atoms with Crippen molar-refractivity contribution < 1.29 is 9.90 Å². The fourth-order valence-electron chi connectivity index (χ4n) is 2.44. The fourth-order valence-corrected chi connectivity index (χ4v) is 3.66. The van der Waals surface area contributed by atoms with Crippen LogP contribution in [0, 0.1) is 6.92 Å². The number of aromatic hydroxyl groups is 1. The lowest BCUT2D eigenvalue weighted by Crippen LogP contribution is -2.22. The lowest BCUT2D eigenvalue weighted by atomic mass is 9.95. The molecule has 0 aliphatic carbocycles. The predicted molar refractivity (Wildman–Crippen MR) is 95.0 cm³/mol. The lowest BCUT2D eigenvalue weighted by Gasteiger charge is -2.20. The monoisotopic (exact) mass is 421 g/mol. The first-order chi connectivity index (χ1) is 10.4. The summed E-state index contributed by atoms with van der Waals surface area (Å²) in [5.74, 6) is 0.0643. The molecule has 0 radical (unpaired) electrons. The van der Waals surface area contributed by atoms with Gasteiger partial charge in [0.15, 0.2) is 0 Å². The van der Waals surface area contributed by atoms with Crippen LogP contribution >= 0.6 is 31.9 Å². The number of halogens is 2. The second kappa shape index (κ2) is 5.89. The van der Waals surface area contributed by atoms with Crippen molar-refractivity contribution in [2.45, 2.75) is 13.3 Å². The summed E-state index contributed by atoms with van der Waals surface area (Å²) in [6, 6.07) is 9.63. The highest BCUT2D eigenvalue weighted by atomic mass is 79.9. The van der Waals surface area contributed by atoms with E-state index in [9.17, 15) is 9.90 Å². The van der Waals surface area contributed by atoms with Gasteiger partial charge in [-0.15, -0.1) is 0 Å². The fraction of sp³-hybridized carbons (Fsp3) is 0.118. The van der Waals surface area contributed by atoms with Crippen molar-refractivity contribution in [1.29, 1.82) is 0 Å². The number of fused-ring (bicyclic) bond motifs is 1. The number of carbonyl (C=O) groups is 1. The molecule has 1 amide bonds. The zero-order valence-corrected chi connectivity index (χ0v) is 15.0. The minimum absolute atomic E-state index is 0.0848. The number of benzene rings is 2. The maximum absolute atomic E-state index is 12.3. The van der Waals surface area contributed by atoms with E-state index in [2.05, 4.69) is 37.2 Å². The number of hydrogen-bond donors (Lipinski definition) is 2. The first-order valence-corrected chi connectivity index (χ1v) is 8.32. The average molecular weight is 423 g/mol. The second-order valence-corrected chi connectivity index (χ2v) is 7.00. The van der Waals surface area contributed by atoms with E-state index >= 15 is 0 Å². The second-order valence-electron chi connectivity index (χ2n) is 5.29. The van der Waals surface area contributed by atoms with Crippen LogP contribution in [0.1, 0.15) is 16.7 Å². The minimum atomic E-state index is -0.0848. The van der Waals surface area contributed by atoms with E-state index in [0.717, 1.165) is 22.4 Å². The number of anilines is 1. The van der Waals surface area contributed by atoms with E-state index in [1.54, 1.807) is 12.1 Å². The van der Waals surface area contributed by atoms with Crippen molar-refractivity contribution in [2.24, 2.45) is 0 Å². The molecule has 22 heavy (non-hydrogen) atoms. The number of amides is 1. The van der Waals surface area contributed by atoms with Crippen LogP contribution in [0.15, 0.2) is 44.9 Å². The van der Waals surface area contributed by atoms with Gasteiger partial charge in [0.2, 0.25) is 0 Å². The van der Waals surface area contributed by atoms with Crippen molar-refractivity contribution in [3.05, 3.63) is 61.5 Å². The molecule has 5 heteroatoms. The predicted octanol–water partition coefficient (Wildman–Crippen LogP) is 4.80. The van der Waals surface area contributed by atoms with Crippen molar-refractivity contribution >= 4 is 49.5 Å². The Morgan fingerprint density at radius 1 is 1.18 bits per heavy atom. The maximum atomic E-state index is 12.3. The molecule has 0 aromatic heterocycles. The summed E-state index contributed by atoms with van der Waals surface area (Å²) in [5.41, 5.74) is 4.65. The van der Waals surface area contributed by atoms with Crippen LogP contribution in [0.25, 0.3) is 6.08 Å². The highest BCUT2D eigenvalue weighted by Gasteiger charge is 2.20. The van der Waals surface area contributed by atoms with E-state index in [0.29, 0.717) is 20.9 Å². The Morgan fingerprint density at radius 3 is 2.55 bits per heavy atom. The molecule has 2 aromatic rings. The Morgan fingerprint density at radius 2 is 1.86 bits per heavy atom. The summed E-state index contributed by atoms with van der Waals surface area (Å²) in [4.78, 5) is 12.3. The van der Waals surface area contributed by atoms with Gasteiger partial charge in [0.1, 0.15) is 5.75 Å². The van der Waals surface area contributed by atoms with Gasteiger partial charge >= 0.3 is 0 Å². The van der Waals surface area contributed by atoms with Crippen molar-refractivity contribution in [3.8, 4) is 5.75 Å². The first-order valence-electron chi connectivity index (χ1n) is 6.73. The first kappa shape index (κ1) is 15.3. The molecule has 112 valence electrons. The molecule has 3 nitrogen and oxygen atoms in total. The van der Waals surface area contributed by atoms with Gasteiger partial charge in [-0.3, -0.25) is 4.79 Å². The standard InChI is InChI=1S/C17H13Br2NO2/c1-9-2-3-11-8-12(17(22)20-15(11)4-9)5-10-6-13(18)16(21)14(19)7-10/h2-7,21H,8H2,1H3,(H,20,22)/b12-5+. The van der Waals surface area contributed by atoms with Crippen LogP contribution in [0.2, 0.25) is 0 Å². The normalized spacial score (nSPS) is 15.6. The van der Waals surface area contributed by atoms with E-state index in [1.165, 1.54) is 0 Å². The van der Waals surface area contributed by atoms with Crippen LogP contribution in [-0.2, 0) is 11.2 Å². The van der Waals surface area contributed by atoms with Crippen LogP contribution in [-0.4, -0.2) is 11.0 Å². The Hall–Kier alpha value is -1.59. The van der Waals surface area contributed by atoms with E-state index in [4.69, 9.17) is 0 Å².